The van der Waals surface area contributed by atoms with Crippen molar-refractivity contribution in [3.8, 4) is 0 Å². The van der Waals surface area contributed by atoms with Gasteiger partial charge in [0.15, 0.2) is 5.82 Å². The molecule has 94 valence electrons. The van der Waals surface area contributed by atoms with Gasteiger partial charge in [0, 0.05) is 19.7 Å². The van der Waals surface area contributed by atoms with E-state index in [2.05, 4.69) is 15.3 Å². The largest absolute Gasteiger partial charge is 0.393 e. The highest BCUT2D eigenvalue weighted by Crippen LogP contribution is 2.27. The molecule has 0 radical (unpaired) electrons. The van der Waals surface area contributed by atoms with Crippen LogP contribution in [0.2, 0.25) is 5.15 Å². The first-order chi connectivity index (χ1) is 8.17. The standard InChI is InChI=1S/C11H16ClN3O2/c1-17-6-11-14-9(12)4-10(15-11)13-5-7-2-8(16)3-7/h4,7-8,16H,2-3,5-6H2,1H3,(H,13,14,15). The van der Waals surface area contributed by atoms with Gasteiger partial charge in [-0.3, -0.25) is 0 Å². The van der Waals surface area contributed by atoms with Crippen molar-refractivity contribution in [2.24, 2.45) is 5.92 Å². The number of aliphatic hydroxyl groups excluding tert-OH is 1. The minimum atomic E-state index is -0.125. The summed E-state index contributed by atoms with van der Waals surface area (Å²) in [6, 6.07) is 1.69. The highest BCUT2D eigenvalue weighted by Gasteiger charge is 2.26. The fraction of sp³-hybridized carbons (Fsp3) is 0.636. The Morgan fingerprint density at radius 1 is 1.53 bits per heavy atom. The molecule has 0 saturated heterocycles. The smallest absolute Gasteiger partial charge is 0.158 e. The van der Waals surface area contributed by atoms with Crippen LogP contribution in [-0.4, -0.2) is 34.8 Å². The Kier molecular flexibility index (Phi) is 4.15. The molecule has 0 atom stereocenters. The fourth-order valence-corrected chi connectivity index (χ4v) is 2.07. The van der Waals surface area contributed by atoms with Crippen molar-refractivity contribution in [1.82, 2.24) is 9.97 Å². The maximum Gasteiger partial charge on any atom is 0.158 e. The molecule has 0 amide bonds. The third-order valence-corrected chi connectivity index (χ3v) is 2.99. The van der Waals surface area contributed by atoms with Gasteiger partial charge in [-0.1, -0.05) is 11.6 Å². The van der Waals surface area contributed by atoms with Gasteiger partial charge in [-0.05, 0) is 18.8 Å². The van der Waals surface area contributed by atoms with Crippen LogP contribution in [0, 0.1) is 5.92 Å². The first kappa shape index (κ1) is 12.5. The topological polar surface area (TPSA) is 67.3 Å². The number of ether oxygens (including phenoxy) is 1. The number of methoxy groups -OCH3 is 1. The van der Waals surface area contributed by atoms with E-state index in [4.69, 9.17) is 16.3 Å². The molecule has 0 bridgehead atoms. The molecule has 6 heteroatoms. The van der Waals surface area contributed by atoms with Gasteiger partial charge < -0.3 is 15.2 Å². The molecule has 2 N–H and O–H groups in total. The summed E-state index contributed by atoms with van der Waals surface area (Å²) < 4.78 is 4.97. The first-order valence-electron chi connectivity index (χ1n) is 5.61. The Morgan fingerprint density at radius 3 is 2.94 bits per heavy atom. The Hall–Kier alpha value is -0.910. The molecule has 1 aromatic rings. The molecule has 0 aliphatic heterocycles. The van der Waals surface area contributed by atoms with E-state index in [9.17, 15) is 5.11 Å². The van der Waals surface area contributed by atoms with Crippen LogP contribution in [0.1, 0.15) is 18.7 Å². The van der Waals surface area contributed by atoms with Crippen LogP contribution in [0.4, 0.5) is 5.82 Å². The molecule has 1 fully saturated rings. The van der Waals surface area contributed by atoms with Crippen molar-refractivity contribution in [1.29, 1.82) is 0 Å². The summed E-state index contributed by atoms with van der Waals surface area (Å²) in [4.78, 5) is 8.32. The van der Waals surface area contributed by atoms with Crippen molar-refractivity contribution in [2.45, 2.75) is 25.6 Å². The number of anilines is 1. The molecule has 0 unspecified atom stereocenters. The SMILES string of the molecule is COCc1nc(Cl)cc(NCC2CC(O)C2)n1. The van der Waals surface area contributed by atoms with Gasteiger partial charge in [0.25, 0.3) is 0 Å². The summed E-state index contributed by atoms with van der Waals surface area (Å²) in [5, 5.41) is 12.8. The molecule has 0 spiro atoms. The predicted molar refractivity (Wildman–Crippen MR) is 65.0 cm³/mol. The third-order valence-electron chi connectivity index (χ3n) is 2.80. The second kappa shape index (κ2) is 5.62. The summed E-state index contributed by atoms with van der Waals surface area (Å²) in [5.74, 6) is 1.79. The molecule has 1 aromatic heterocycles. The monoisotopic (exact) mass is 257 g/mol. The molecule has 17 heavy (non-hydrogen) atoms. The fourth-order valence-electron chi connectivity index (χ4n) is 1.86. The second-order valence-electron chi connectivity index (χ2n) is 4.30. The molecular formula is C11H16ClN3O2. The van der Waals surface area contributed by atoms with E-state index < -0.39 is 0 Å². The summed E-state index contributed by atoms with van der Waals surface area (Å²) in [6.07, 6.45) is 1.59. The van der Waals surface area contributed by atoms with Crippen molar-refractivity contribution in [3.05, 3.63) is 17.0 Å². The van der Waals surface area contributed by atoms with Gasteiger partial charge in [-0.25, -0.2) is 9.97 Å². The number of rotatable bonds is 5. The van der Waals surface area contributed by atoms with Gasteiger partial charge >= 0.3 is 0 Å². The van der Waals surface area contributed by atoms with Gasteiger partial charge in [-0.15, -0.1) is 0 Å². The number of hydrogen-bond donors (Lipinski definition) is 2. The summed E-state index contributed by atoms with van der Waals surface area (Å²) in [6.45, 7) is 1.15. The van der Waals surface area contributed by atoms with E-state index in [-0.39, 0.29) is 6.10 Å². The number of nitrogens with zero attached hydrogens (tertiary/aromatic N) is 2. The normalized spacial score (nSPS) is 23.2. The minimum absolute atomic E-state index is 0.125. The molecular weight excluding hydrogens is 242 g/mol. The zero-order valence-corrected chi connectivity index (χ0v) is 10.4. The van der Waals surface area contributed by atoms with Crippen molar-refractivity contribution < 1.29 is 9.84 Å². The van der Waals surface area contributed by atoms with E-state index in [0.717, 1.165) is 19.4 Å². The summed E-state index contributed by atoms with van der Waals surface area (Å²) in [7, 11) is 1.59. The van der Waals surface area contributed by atoms with Gasteiger partial charge in [0.05, 0.1) is 6.10 Å². The van der Waals surface area contributed by atoms with E-state index in [1.807, 2.05) is 0 Å². The van der Waals surface area contributed by atoms with Crippen LogP contribution in [0.5, 0.6) is 0 Å². The van der Waals surface area contributed by atoms with Crippen LogP contribution >= 0.6 is 11.6 Å². The first-order valence-corrected chi connectivity index (χ1v) is 5.99. The highest BCUT2D eigenvalue weighted by molar-refractivity contribution is 6.29. The maximum atomic E-state index is 9.18. The second-order valence-corrected chi connectivity index (χ2v) is 4.68. The molecule has 1 saturated carbocycles. The van der Waals surface area contributed by atoms with E-state index >= 15 is 0 Å². The molecule has 1 aliphatic rings. The molecule has 5 nitrogen and oxygen atoms in total. The van der Waals surface area contributed by atoms with Crippen molar-refractivity contribution in [2.75, 3.05) is 19.0 Å². The van der Waals surface area contributed by atoms with Crippen LogP contribution < -0.4 is 5.32 Å². The van der Waals surface area contributed by atoms with Crippen LogP contribution in [0.3, 0.4) is 0 Å². The number of hydrogen-bond acceptors (Lipinski definition) is 5. The lowest BCUT2D eigenvalue weighted by molar-refractivity contribution is 0.0486. The highest BCUT2D eigenvalue weighted by atomic mass is 35.5. The maximum absolute atomic E-state index is 9.18. The Bertz CT molecular complexity index is 383. The van der Waals surface area contributed by atoms with Crippen molar-refractivity contribution in [3.63, 3.8) is 0 Å². The van der Waals surface area contributed by atoms with E-state index in [0.29, 0.717) is 29.3 Å². The minimum Gasteiger partial charge on any atom is -0.393 e. The lowest BCUT2D eigenvalue weighted by Crippen LogP contribution is -2.33. The molecule has 0 aromatic carbocycles. The Labute approximate surface area is 105 Å². The Balaban J connectivity index is 1.90. The lowest BCUT2D eigenvalue weighted by atomic mass is 9.82. The van der Waals surface area contributed by atoms with E-state index in [1.54, 1.807) is 13.2 Å². The molecule has 1 heterocycles. The Morgan fingerprint density at radius 2 is 2.29 bits per heavy atom. The molecule has 1 aliphatic carbocycles. The quantitative estimate of drug-likeness (QED) is 0.782. The van der Waals surface area contributed by atoms with Crippen LogP contribution in [0.15, 0.2) is 6.07 Å². The average Bonchev–Trinajstić information content (AvgIpc) is 2.22. The van der Waals surface area contributed by atoms with Crippen LogP contribution in [-0.2, 0) is 11.3 Å². The van der Waals surface area contributed by atoms with Gasteiger partial charge in [0.1, 0.15) is 17.6 Å². The lowest BCUT2D eigenvalue weighted by Gasteiger charge is -2.31. The number of nitrogens with one attached hydrogen (secondary N) is 1. The van der Waals surface area contributed by atoms with E-state index in [1.165, 1.54) is 0 Å². The third kappa shape index (κ3) is 3.52. The number of aliphatic hydroxyl groups is 1. The molecule has 2 rings (SSSR count). The summed E-state index contributed by atoms with van der Waals surface area (Å²) >= 11 is 5.89. The van der Waals surface area contributed by atoms with Gasteiger partial charge in [-0.2, -0.15) is 0 Å². The van der Waals surface area contributed by atoms with Crippen LogP contribution in [0.25, 0.3) is 0 Å². The number of halogens is 1. The predicted octanol–water partition coefficient (Wildman–Crippen LogP) is 1.46. The van der Waals surface area contributed by atoms with Crippen molar-refractivity contribution >= 4 is 17.4 Å². The zero-order chi connectivity index (χ0) is 12.3. The average molecular weight is 258 g/mol. The zero-order valence-electron chi connectivity index (χ0n) is 9.69. The summed E-state index contributed by atoms with van der Waals surface area (Å²) in [5.41, 5.74) is 0. The van der Waals surface area contributed by atoms with Gasteiger partial charge in [0.2, 0.25) is 0 Å². The number of aromatic nitrogens is 2.